The van der Waals surface area contributed by atoms with Crippen LogP contribution in [0.1, 0.15) is 5.69 Å². The topological polar surface area (TPSA) is 61.2 Å². The number of nitrogens with one attached hydrogen (secondary N) is 1. The molecular formula is C12H13BrN4O2. The standard InChI is InChI=1S/C12H13BrN4O2/c1-17-7-8(15-16-17)6-14-10-5-12-11(4-9(10)13)18-2-3-19-12/h4-5,7,14H,2-3,6H2,1H3. The molecule has 19 heavy (non-hydrogen) atoms. The van der Waals surface area contributed by atoms with Crippen LogP contribution in [0, 0.1) is 0 Å². The number of rotatable bonds is 3. The van der Waals surface area contributed by atoms with Crippen LogP contribution in [0.2, 0.25) is 0 Å². The lowest BCUT2D eigenvalue weighted by Crippen LogP contribution is -2.15. The summed E-state index contributed by atoms with van der Waals surface area (Å²) < 4.78 is 13.7. The van der Waals surface area contributed by atoms with Crippen LogP contribution in [0.4, 0.5) is 5.69 Å². The molecule has 1 N–H and O–H groups in total. The summed E-state index contributed by atoms with van der Waals surface area (Å²) in [6, 6.07) is 3.84. The molecule has 7 heteroatoms. The van der Waals surface area contributed by atoms with Crippen molar-refractivity contribution in [3.8, 4) is 11.5 Å². The largest absolute Gasteiger partial charge is 0.486 e. The number of anilines is 1. The second-order valence-corrected chi connectivity index (χ2v) is 5.07. The lowest BCUT2D eigenvalue weighted by Gasteiger charge is -2.20. The molecule has 6 nitrogen and oxygen atoms in total. The number of halogens is 1. The fourth-order valence-electron chi connectivity index (χ4n) is 1.86. The number of hydrogen-bond donors (Lipinski definition) is 1. The van der Waals surface area contributed by atoms with E-state index in [0.29, 0.717) is 19.8 Å². The van der Waals surface area contributed by atoms with Gasteiger partial charge >= 0.3 is 0 Å². The lowest BCUT2D eigenvalue weighted by atomic mass is 10.2. The maximum atomic E-state index is 5.56. The van der Waals surface area contributed by atoms with E-state index in [0.717, 1.165) is 27.4 Å². The summed E-state index contributed by atoms with van der Waals surface area (Å²) in [7, 11) is 1.84. The van der Waals surface area contributed by atoms with E-state index in [1.807, 2.05) is 25.4 Å². The van der Waals surface area contributed by atoms with Crippen molar-refractivity contribution >= 4 is 21.6 Å². The van der Waals surface area contributed by atoms with Gasteiger partial charge in [0.1, 0.15) is 18.9 Å². The molecule has 2 heterocycles. The van der Waals surface area contributed by atoms with E-state index in [2.05, 4.69) is 31.6 Å². The first-order valence-corrected chi connectivity index (χ1v) is 6.70. The van der Waals surface area contributed by atoms with Gasteiger partial charge in [0.15, 0.2) is 11.5 Å². The van der Waals surface area contributed by atoms with E-state index in [-0.39, 0.29) is 0 Å². The highest BCUT2D eigenvalue weighted by atomic mass is 79.9. The second kappa shape index (κ2) is 5.08. The summed E-state index contributed by atoms with van der Waals surface area (Å²) in [6.45, 7) is 1.77. The molecule has 0 atom stereocenters. The number of nitrogens with zero attached hydrogens (tertiary/aromatic N) is 3. The Morgan fingerprint density at radius 3 is 2.74 bits per heavy atom. The van der Waals surface area contributed by atoms with Gasteiger partial charge in [0.2, 0.25) is 0 Å². The molecule has 0 amide bonds. The van der Waals surface area contributed by atoms with Crippen molar-refractivity contribution in [1.82, 2.24) is 15.0 Å². The number of ether oxygens (including phenoxy) is 2. The minimum absolute atomic E-state index is 0.582. The van der Waals surface area contributed by atoms with Crippen molar-refractivity contribution < 1.29 is 9.47 Å². The van der Waals surface area contributed by atoms with Gasteiger partial charge in [-0.3, -0.25) is 4.68 Å². The van der Waals surface area contributed by atoms with Crippen LogP contribution in [0.5, 0.6) is 11.5 Å². The molecule has 2 aromatic rings. The average Bonchev–Trinajstić information content (AvgIpc) is 2.82. The molecule has 100 valence electrons. The molecule has 1 aliphatic heterocycles. The molecule has 0 aliphatic carbocycles. The van der Waals surface area contributed by atoms with Crippen LogP contribution in [0.3, 0.4) is 0 Å². The van der Waals surface area contributed by atoms with Gasteiger partial charge in [0, 0.05) is 29.8 Å². The minimum atomic E-state index is 0.582. The van der Waals surface area contributed by atoms with Crippen molar-refractivity contribution in [3.63, 3.8) is 0 Å². The molecule has 0 spiro atoms. The number of benzene rings is 1. The highest BCUT2D eigenvalue weighted by Crippen LogP contribution is 2.38. The Balaban J connectivity index is 1.77. The fourth-order valence-corrected chi connectivity index (χ4v) is 2.32. The number of aromatic nitrogens is 3. The molecule has 0 bridgehead atoms. The van der Waals surface area contributed by atoms with Gasteiger partial charge in [-0.05, 0) is 15.9 Å². The van der Waals surface area contributed by atoms with Gasteiger partial charge in [-0.1, -0.05) is 5.21 Å². The fraction of sp³-hybridized carbons (Fsp3) is 0.333. The Labute approximate surface area is 118 Å². The predicted octanol–water partition coefficient (Wildman–Crippen LogP) is 1.96. The third-order valence-electron chi connectivity index (χ3n) is 2.74. The van der Waals surface area contributed by atoms with Crippen LogP contribution in [0.15, 0.2) is 22.8 Å². The van der Waals surface area contributed by atoms with E-state index in [1.165, 1.54) is 0 Å². The molecule has 0 unspecified atom stereocenters. The predicted molar refractivity (Wildman–Crippen MR) is 73.5 cm³/mol. The number of fused-ring (bicyclic) bond motifs is 1. The van der Waals surface area contributed by atoms with Crippen LogP contribution in [-0.2, 0) is 13.6 Å². The molecule has 1 aromatic heterocycles. The van der Waals surface area contributed by atoms with E-state index < -0.39 is 0 Å². The average molecular weight is 325 g/mol. The SMILES string of the molecule is Cn1cc(CNc2cc3c(cc2Br)OCCO3)nn1. The summed E-state index contributed by atoms with van der Waals surface area (Å²) >= 11 is 3.51. The van der Waals surface area contributed by atoms with Crippen LogP contribution in [0.25, 0.3) is 0 Å². The van der Waals surface area contributed by atoms with Crippen molar-refractivity contribution in [3.05, 3.63) is 28.5 Å². The Morgan fingerprint density at radius 2 is 2.05 bits per heavy atom. The first kappa shape index (κ1) is 12.3. The Morgan fingerprint density at radius 1 is 1.32 bits per heavy atom. The van der Waals surface area contributed by atoms with E-state index in [4.69, 9.17) is 9.47 Å². The van der Waals surface area contributed by atoms with Crippen molar-refractivity contribution in [2.75, 3.05) is 18.5 Å². The molecule has 0 saturated carbocycles. The second-order valence-electron chi connectivity index (χ2n) is 4.21. The molecule has 1 aromatic carbocycles. The first-order chi connectivity index (χ1) is 9.22. The molecule has 1 aliphatic rings. The van der Waals surface area contributed by atoms with Gasteiger partial charge in [0.05, 0.1) is 12.2 Å². The maximum absolute atomic E-state index is 5.56. The highest BCUT2D eigenvalue weighted by Gasteiger charge is 2.14. The van der Waals surface area contributed by atoms with Crippen LogP contribution >= 0.6 is 15.9 Å². The van der Waals surface area contributed by atoms with Crippen molar-refractivity contribution in [2.45, 2.75) is 6.54 Å². The van der Waals surface area contributed by atoms with Gasteiger partial charge in [0.25, 0.3) is 0 Å². The van der Waals surface area contributed by atoms with Gasteiger partial charge in [-0.25, -0.2) is 0 Å². The maximum Gasteiger partial charge on any atom is 0.163 e. The van der Waals surface area contributed by atoms with Gasteiger partial charge in [-0.15, -0.1) is 5.10 Å². The molecule has 3 rings (SSSR count). The molecular weight excluding hydrogens is 312 g/mol. The summed E-state index contributed by atoms with van der Waals surface area (Å²) in [6.07, 6.45) is 1.87. The quantitative estimate of drug-likeness (QED) is 0.935. The zero-order valence-electron chi connectivity index (χ0n) is 10.4. The van der Waals surface area contributed by atoms with Gasteiger partial charge in [-0.2, -0.15) is 0 Å². The number of hydrogen-bond acceptors (Lipinski definition) is 5. The third kappa shape index (κ3) is 2.65. The summed E-state index contributed by atoms with van der Waals surface area (Å²) in [5, 5.41) is 11.2. The Hall–Kier alpha value is -1.76. The first-order valence-electron chi connectivity index (χ1n) is 5.90. The lowest BCUT2D eigenvalue weighted by molar-refractivity contribution is 0.171. The molecule has 0 fully saturated rings. The summed E-state index contributed by atoms with van der Waals surface area (Å²) in [5.41, 5.74) is 1.82. The number of aryl methyl sites for hydroxylation is 1. The zero-order valence-corrected chi connectivity index (χ0v) is 12.0. The normalized spacial score (nSPS) is 13.4. The minimum Gasteiger partial charge on any atom is -0.486 e. The summed E-state index contributed by atoms with van der Waals surface area (Å²) in [5.74, 6) is 1.53. The molecule has 0 saturated heterocycles. The third-order valence-corrected chi connectivity index (χ3v) is 3.40. The van der Waals surface area contributed by atoms with Gasteiger partial charge < -0.3 is 14.8 Å². The highest BCUT2D eigenvalue weighted by molar-refractivity contribution is 9.10. The Kier molecular flexibility index (Phi) is 3.29. The van der Waals surface area contributed by atoms with Crippen molar-refractivity contribution in [1.29, 1.82) is 0 Å². The summed E-state index contributed by atoms with van der Waals surface area (Å²) in [4.78, 5) is 0. The van der Waals surface area contributed by atoms with E-state index in [1.54, 1.807) is 4.68 Å². The molecule has 0 radical (unpaired) electrons. The van der Waals surface area contributed by atoms with Crippen molar-refractivity contribution in [2.24, 2.45) is 7.05 Å². The zero-order chi connectivity index (χ0) is 13.2. The Bertz CT molecular complexity index is 599. The monoisotopic (exact) mass is 324 g/mol. The van der Waals surface area contributed by atoms with E-state index in [9.17, 15) is 0 Å². The van der Waals surface area contributed by atoms with E-state index >= 15 is 0 Å². The smallest absolute Gasteiger partial charge is 0.163 e. The van der Waals surface area contributed by atoms with Crippen LogP contribution in [-0.4, -0.2) is 28.2 Å². The van der Waals surface area contributed by atoms with Crippen LogP contribution < -0.4 is 14.8 Å².